The summed E-state index contributed by atoms with van der Waals surface area (Å²) in [7, 11) is 0. The number of halogens is 5. The number of hydrogen-bond donors (Lipinski definition) is 3. The molecule has 0 spiro atoms. The fourth-order valence-electron chi connectivity index (χ4n) is 2.85. The number of hydrogen-bond acceptors (Lipinski definition) is 7. The Hall–Kier alpha value is -3.03. The number of fused-ring (bicyclic) bond motifs is 1. The highest BCUT2D eigenvalue weighted by Gasteiger charge is 2.42. The van der Waals surface area contributed by atoms with Gasteiger partial charge in [0.1, 0.15) is 5.02 Å². The third-order valence-corrected chi connectivity index (χ3v) is 4.84. The fraction of sp³-hybridized carbons (Fsp3) is 0.400. The maximum absolute atomic E-state index is 13.0. The van der Waals surface area contributed by atoms with Crippen LogP contribution in [0.25, 0.3) is 10.9 Å². The van der Waals surface area contributed by atoms with Crippen LogP contribution >= 0.6 is 11.6 Å². The molecule has 3 aromatic heterocycles. The van der Waals surface area contributed by atoms with Crippen molar-refractivity contribution in [1.82, 2.24) is 25.1 Å². The Labute approximate surface area is 195 Å². The van der Waals surface area contributed by atoms with Crippen LogP contribution in [-0.2, 0) is 17.8 Å². The standard InChI is InChI=1S/C20H20ClF4N5O4/c21-14-3-11(5-28-18(14)34-10-20(24,25)19(22)23)7-30-8-13-15(29-30)1-2-26-16(13)4-17(33)27-6-12(32)9-31/h1-3,5,8,12,19,31-32H,4,6-7,9-10H2,(H,27,33)/t12-/m1/s1. The third kappa shape index (κ3) is 6.52. The van der Waals surface area contributed by atoms with E-state index in [2.05, 4.69) is 25.1 Å². The van der Waals surface area contributed by atoms with Gasteiger partial charge in [0.15, 0.2) is 6.61 Å². The number of carbonyl (C=O) groups is 1. The lowest BCUT2D eigenvalue weighted by atomic mass is 10.2. The van der Waals surface area contributed by atoms with Gasteiger partial charge in [0.25, 0.3) is 0 Å². The Morgan fingerprint density at radius 1 is 1.32 bits per heavy atom. The first-order valence-electron chi connectivity index (χ1n) is 9.89. The summed E-state index contributed by atoms with van der Waals surface area (Å²) in [6.45, 7) is -1.97. The lowest BCUT2D eigenvalue weighted by Gasteiger charge is -2.16. The van der Waals surface area contributed by atoms with Gasteiger partial charge >= 0.3 is 12.3 Å². The summed E-state index contributed by atoms with van der Waals surface area (Å²) in [6.07, 6.45) is -0.595. The van der Waals surface area contributed by atoms with E-state index in [9.17, 15) is 27.5 Å². The Morgan fingerprint density at radius 2 is 2.09 bits per heavy atom. The van der Waals surface area contributed by atoms with Crippen LogP contribution < -0.4 is 10.1 Å². The van der Waals surface area contributed by atoms with E-state index in [4.69, 9.17) is 16.7 Å². The highest BCUT2D eigenvalue weighted by atomic mass is 35.5. The van der Waals surface area contributed by atoms with Crippen molar-refractivity contribution >= 4 is 28.4 Å². The molecule has 0 aliphatic rings. The summed E-state index contributed by atoms with van der Waals surface area (Å²) in [5, 5.41) is 25.5. The molecule has 0 fully saturated rings. The van der Waals surface area contributed by atoms with Gasteiger partial charge < -0.3 is 20.3 Å². The molecule has 3 rings (SSSR count). The van der Waals surface area contributed by atoms with Gasteiger partial charge in [0.05, 0.1) is 36.9 Å². The first-order chi connectivity index (χ1) is 16.1. The summed E-state index contributed by atoms with van der Waals surface area (Å²) >= 11 is 5.99. The molecule has 0 bridgehead atoms. The lowest BCUT2D eigenvalue weighted by molar-refractivity contribution is -0.148. The van der Waals surface area contributed by atoms with Gasteiger partial charge in [-0.1, -0.05) is 11.6 Å². The van der Waals surface area contributed by atoms with Crippen LogP contribution in [0.5, 0.6) is 5.88 Å². The molecule has 0 unspecified atom stereocenters. The number of carbonyl (C=O) groups excluding carboxylic acids is 1. The molecular formula is C20H20ClF4N5O4. The molecule has 0 aromatic carbocycles. The molecule has 3 N–H and O–H groups in total. The SMILES string of the molecule is O=C(Cc1nccc2nn(Cc3cnc(OCC(F)(F)C(F)F)c(Cl)c3)cc12)NC[C@@H](O)CO. The van der Waals surface area contributed by atoms with Crippen LogP contribution in [0.2, 0.25) is 5.02 Å². The fourth-order valence-corrected chi connectivity index (χ4v) is 3.10. The molecule has 0 radical (unpaired) electrons. The van der Waals surface area contributed by atoms with Gasteiger partial charge in [-0.3, -0.25) is 14.5 Å². The summed E-state index contributed by atoms with van der Waals surface area (Å²) in [5.74, 6) is -5.13. The van der Waals surface area contributed by atoms with Crippen LogP contribution in [-0.4, -0.2) is 74.1 Å². The summed E-state index contributed by atoms with van der Waals surface area (Å²) < 4.78 is 56.7. The molecule has 3 aromatic rings. The van der Waals surface area contributed by atoms with E-state index >= 15 is 0 Å². The van der Waals surface area contributed by atoms with Crippen molar-refractivity contribution in [1.29, 1.82) is 0 Å². The molecule has 34 heavy (non-hydrogen) atoms. The molecular weight excluding hydrogens is 486 g/mol. The number of ether oxygens (including phenoxy) is 1. The van der Waals surface area contributed by atoms with Crippen molar-refractivity contribution in [2.45, 2.75) is 31.4 Å². The van der Waals surface area contributed by atoms with Crippen molar-refractivity contribution in [3.8, 4) is 5.88 Å². The zero-order chi connectivity index (χ0) is 24.9. The van der Waals surface area contributed by atoms with Crippen LogP contribution in [0.15, 0.2) is 30.7 Å². The number of aromatic nitrogens is 4. The Kier molecular flexibility index (Phi) is 8.23. The van der Waals surface area contributed by atoms with Crippen LogP contribution in [0.3, 0.4) is 0 Å². The van der Waals surface area contributed by atoms with E-state index in [0.717, 1.165) is 0 Å². The number of pyridine rings is 2. The van der Waals surface area contributed by atoms with E-state index in [1.54, 1.807) is 12.3 Å². The molecule has 1 amide bonds. The van der Waals surface area contributed by atoms with E-state index in [1.807, 2.05) is 0 Å². The molecule has 0 saturated carbocycles. The summed E-state index contributed by atoms with van der Waals surface area (Å²) in [4.78, 5) is 20.1. The van der Waals surface area contributed by atoms with Crippen molar-refractivity contribution < 1.29 is 37.3 Å². The maximum Gasteiger partial charge on any atom is 0.340 e. The van der Waals surface area contributed by atoms with Crippen molar-refractivity contribution in [3.05, 3.63) is 47.0 Å². The largest absolute Gasteiger partial charge is 0.470 e. The second-order valence-corrected chi connectivity index (χ2v) is 7.72. The minimum Gasteiger partial charge on any atom is -0.470 e. The van der Waals surface area contributed by atoms with E-state index in [0.29, 0.717) is 22.2 Å². The number of aliphatic hydroxyl groups excluding tert-OH is 2. The Bertz CT molecular complexity index is 1150. The number of rotatable bonds is 11. The average molecular weight is 506 g/mol. The number of aliphatic hydroxyl groups is 2. The highest BCUT2D eigenvalue weighted by Crippen LogP contribution is 2.28. The average Bonchev–Trinajstić information content (AvgIpc) is 3.20. The van der Waals surface area contributed by atoms with Gasteiger partial charge in [-0.05, 0) is 17.7 Å². The summed E-state index contributed by atoms with van der Waals surface area (Å²) in [6, 6.07) is 3.03. The van der Waals surface area contributed by atoms with Crippen molar-refractivity contribution in [2.75, 3.05) is 19.8 Å². The predicted molar refractivity (Wildman–Crippen MR) is 112 cm³/mol. The van der Waals surface area contributed by atoms with Crippen molar-refractivity contribution in [2.24, 2.45) is 0 Å². The number of nitrogens with zero attached hydrogens (tertiary/aromatic N) is 4. The second-order valence-electron chi connectivity index (χ2n) is 7.32. The zero-order valence-electron chi connectivity index (χ0n) is 17.5. The highest BCUT2D eigenvalue weighted by molar-refractivity contribution is 6.31. The van der Waals surface area contributed by atoms with Crippen LogP contribution in [0, 0.1) is 0 Å². The molecule has 9 nitrogen and oxygen atoms in total. The topological polar surface area (TPSA) is 122 Å². The number of amides is 1. The van der Waals surface area contributed by atoms with Crippen LogP contribution in [0.4, 0.5) is 17.6 Å². The normalized spacial score (nSPS) is 12.8. The van der Waals surface area contributed by atoms with E-state index in [1.165, 1.54) is 23.1 Å². The molecule has 0 saturated heterocycles. The molecule has 0 aliphatic carbocycles. The van der Waals surface area contributed by atoms with Gasteiger partial charge in [-0.2, -0.15) is 13.9 Å². The van der Waals surface area contributed by atoms with Gasteiger partial charge in [-0.15, -0.1) is 0 Å². The molecule has 1 atom stereocenters. The molecule has 14 heteroatoms. The first kappa shape index (κ1) is 25.6. The van der Waals surface area contributed by atoms with Crippen molar-refractivity contribution in [3.63, 3.8) is 0 Å². The van der Waals surface area contributed by atoms with Gasteiger partial charge in [0.2, 0.25) is 11.8 Å². The maximum atomic E-state index is 13.0. The number of alkyl halides is 4. The minimum absolute atomic E-state index is 0.0795. The third-order valence-electron chi connectivity index (χ3n) is 4.57. The minimum atomic E-state index is -4.33. The van der Waals surface area contributed by atoms with Gasteiger partial charge in [-0.25, -0.2) is 13.8 Å². The van der Waals surface area contributed by atoms with Crippen LogP contribution in [0.1, 0.15) is 11.3 Å². The smallest absolute Gasteiger partial charge is 0.340 e. The monoisotopic (exact) mass is 505 g/mol. The molecule has 3 heterocycles. The zero-order valence-corrected chi connectivity index (χ0v) is 18.2. The second kappa shape index (κ2) is 10.9. The molecule has 184 valence electrons. The lowest BCUT2D eigenvalue weighted by Crippen LogP contribution is -2.34. The molecule has 0 aliphatic heterocycles. The van der Waals surface area contributed by atoms with Gasteiger partial charge in [0, 0.05) is 30.5 Å². The van der Waals surface area contributed by atoms with E-state index in [-0.39, 0.29) is 24.5 Å². The quantitative estimate of drug-likeness (QED) is 0.340. The predicted octanol–water partition coefficient (Wildman–Crippen LogP) is 1.82. The Balaban J connectivity index is 1.69. The first-order valence-corrected chi connectivity index (χ1v) is 10.3. The van der Waals surface area contributed by atoms with E-state index < -0.39 is 43.5 Å². The number of nitrogens with one attached hydrogen (secondary N) is 1. The Morgan fingerprint density at radius 3 is 2.76 bits per heavy atom. The summed E-state index contributed by atoms with van der Waals surface area (Å²) in [5.41, 5.74) is 1.53.